The van der Waals surface area contributed by atoms with E-state index in [-0.39, 0.29) is 6.04 Å². The van der Waals surface area contributed by atoms with Crippen molar-refractivity contribution in [3.8, 4) is 0 Å². The Morgan fingerprint density at radius 2 is 1.62 bits per heavy atom. The third kappa shape index (κ3) is 5.95. The molecule has 0 saturated heterocycles. The predicted octanol–water partition coefficient (Wildman–Crippen LogP) is 5.34. The molecule has 0 spiro atoms. The molecule has 0 aliphatic heterocycles. The summed E-state index contributed by atoms with van der Waals surface area (Å²) in [7, 11) is -3.15. The summed E-state index contributed by atoms with van der Waals surface area (Å²) in [6.07, 6.45) is 11.2. The average Bonchev–Trinajstić information content (AvgIpc) is 3.16. The van der Waals surface area contributed by atoms with Gasteiger partial charge >= 0.3 is 170 Å². The molecule has 1 aliphatic carbocycles. The Labute approximate surface area is 169 Å². The zero-order chi connectivity index (χ0) is 19.2. The van der Waals surface area contributed by atoms with E-state index in [1.165, 1.54) is 68.5 Å². The van der Waals surface area contributed by atoms with Gasteiger partial charge in [0.25, 0.3) is 0 Å². The van der Waals surface area contributed by atoms with Crippen LogP contribution in [0.4, 0.5) is 0 Å². The van der Waals surface area contributed by atoms with Gasteiger partial charge in [0.2, 0.25) is 0 Å². The molecule has 1 aliphatic rings. The monoisotopic (exact) mass is 507 g/mol. The first-order valence-corrected chi connectivity index (χ1v) is 20.6. The Morgan fingerprint density at radius 3 is 2.08 bits per heavy atom. The van der Waals surface area contributed by atoms with Gasteiger partial charge in [-0.05, 0) is 0 Å². The van der Waals surface area contributed by atoms with Crippen LogP contribution in [-0.4, -0.2) is 33.1 Å². The van der Waals surface area contributed by atoms with Crippen molar-refractivity contribution in [1.29, 1.82) is 0 Å². The topological polar surface area (TPSA) is 46.2 Å². The fourth-order valence-corrected chi connectivity index (χ4v) is 25.6. The third-order valence-electron chi connectivity index (χ3n) is 5.78. The van der Waals surface area contributed by atoms with Gasteiger partial charge in [0, 0.05) is 0 Å². The second kappa shape index (κ2) is 10.3. The molecule has 1 aromatic heterocycles. The number of fused-ring (bicyclic) bond motifs is 1. The molecule has 2 rings (SSSR count). The van der Waals surface area contributed by atoms with E-state index in [1.807, 2.05) is 0 Å². The van der Waals surface area contributed by atoms with Gasteiger partial charge in [0.1, 0.15) is 0 Å². The SMILES string of the molecule is CCC[CH2][Sn]([CH2]CCC)([CH2]CCC)[c]1cc2c(s1)CCC2NS(C)(=O)=O. The first-order chi connectivity index (χ1) is 12.3. The number of hydrogen-bond acceptors (Lipinski definition) is 3. The number of aryl methyl sites for hydroxylation is 1. The molecule has 1 heterocycles. The molecule has 1 atom stereocenters. The van der Waals surface area contributed by atoms with Crippen LogP contribution in [0, 0.1) is 0 Å². The Balaban J connectivity index is 2.33. The van der Waals surface area contributed by atoms with Gasteiger partial charge in [0.15, 0.2) is 0 Å². The number of rotatable bonds is 12. The first kappa shape index (κ1) is 22.7. The number of thiophene rings is 1. The van der Waals surface area contributed by atoms with Crippen molar-refractivity contribution in [2.24, 2.45) is 0 Å². The van der Waals surface area contributed by atoms with Gasteiger partial charge in [-0.3, -0.25) is 0 Å². The van der Waals surface area contributed by atoms with Crippen molar-refractivity contribution in [2.45, 2.75) is 91.5 Å². The zero-order valence-corrected chi connectivity index (χ0v) is 21.6. The molecular formula is C20H37NO2S2Sn. The van der Waals surface area contributed by atoms with Crippen LogP contribution < -0.4 is 7.62 Å². The Hall–Kier alpha value is 0.409. The normalized spacial score (nSPS) is 17.6. The molecule has 1 aromatic rings. The van der Waals surface area contributed by atoms with Gasteiger partial charge < -0.3 is 0 Å². The van der Waals surface area contributed by atoms with E-state index >= 15 is 0 Å². The Kier molecular flexibility index (Phi) is 8.96. The average molecular weight is 506 g/mol. The molecule has 150 valence electrons. The number of hydrogen-bond donors (Lipinski definition) is 1. The van der Waals surface area contributed by atoms with Crippen LogP contribution in [0.1, 0.15) is 82.2 Å². The predicted molar refractivity (Wildman–Crippen MR) is 118 cm³/mol. The third-order valence-corrected chi connectivity index (χ3v) is 25.9. The summed E-state index contributed by atoms with van der Waals surface area (Å²) < 4.78 is 32.5. The molecule has 3 nitrogen and oxygen atoms in total. The van der Waals surface area contributed by atoms with E-state index in [0.717, 1.165) is 12.8 Å². The molecule has 0 amide bonds. The maximum absolute atomic E-state index is 11.7. The van der Waals surface area contributed by atoms with E-state index in [4.69, 9.17) is 0 Å². The van der Waals surface area contributed by atoms with Gasteiger partial charge in [-0.2, -0.15) is 0 Å². The summed E-state index contributed by atoms with van der Waals surface area (Å²) in [5.41, 5.74) is 1.31. The van der Waals surface area contributed by atoms with Gasteiger partial charge in [-0.15, -0.1) is 0 Å². The van der Waals surface area contributed by atoms with E-state index in [1.54, 1.807) is 2.89 Å². The van der Waals surface area contributed by atoms with Crippen LogP contribution in [-0.2, 0) is 16.4 Å². The van der Waals surface area contributed by atoms with Crippen molar-refractivity contribution in [2.75, 3.05) is 6.26 Å². The van der Waals surface area contributed by atoms with Gasteiger partial charge in [-0.1, -0.05) is 0 Å². The second-order valence-electron chi connectivity index (χ2n) is 8.06. The van der Waals surface area contributed by atoms with Crippen LogP contribution in [0.15, 0.2) is 6.07 Å². The molecule has 6 heteroatoms. The summed E-state index contributed by atoms with van der Waals surface area (Å²) >= 11 is -0.314. The second-order valence-corrected chi connectivity index (χ2v) is 25.1. The molecule has 0 aromatic carbocycles. The van der Waals surface area contributed by atoms with Gasteiger partial charge in [-0.25, -0.2) is 0 Å². The molecule has 0 saturated carbocycles. The molecule has 1 N–H and O–H groups in total. The van der Waals surface area contributed by atoms with E-state index < -0.39 is 28.4 Å². The van der Waals surface area contributed by atoms with Crippen molar-refractivity contribution < 1.29 is 8.42 Å². The number of unbranched alkanes of at least 4 members (excludes halogenated alkanes) is 3. The molecule has 0 fully saturated rings. The van der Waals surface area contributed by atoms with Crippen LogP contribution in [0.25, 0.3) is 0 Å². The summed E-state index contributed by atoms with van der Waals surface area (Å²) in [6, 6.07) is 2.48. The van der Waals surface area contributed by atoms with Gasteiger partial charge in [0.05, 0.1) is 0 Å². The fraction of sp³-hybridized carbons (Fsp3) is 0.800. The molecule has 1 unspecified atom stereocenters. The van der Waals surface area contributed by atoms with E-state index in [9.17, 15) is 8.42 Å². The van der Waals surface area contributed by atoms with Crippen molar-refractivity contribution in [3.05, 3.63) is 16.5 Å². The van der Waals surface area contributed by atoms with E-state index in [0.29, 0.717) is 0 Å². The summed E-state index contributed by atoms with van der Waals surface area (Å²) in [4.78, 5) is 1.46. The quantitative estimate of drug-likeness (QED) is 0.389. The van der Waals surface area contributed by atoms with Crippen LogP contribution in [0.3, 0.4) is 0 Å². The maximum atomic E-state index is 11.7. The first-order valence-electron chi connectivity index (χ1n) is 10.5. The summed E-state index contributed by atoms with van der Waals surface area (Å²) in [5, 5.41) is 0. The van der Waals surface area contributed by atoms with E-state index in [2.05, 4.69) is 42.9 Å². The van der Waals surface area contributed by atoms with Crippen LogP contribution in [0.2, 0.25) is 13.3 Å². The number of sulfonamides is 1. The number of nitrogens with one attached hydrogen (secondary N) is 1. The Morgan fingerprint density at radius 1 is 1.08 bits per heavy atom. The standard InChI is InChI=1S/C8H10NO2S2.3C4H9.Sn/c1-13(10,11)9-7-2-3-8-6(7)4-5-12-8;3*1-3-4-2;/h4,7,9H,2-3H2,1H3;3*1,3-4H2,2H3;. The summed E-state index contributed by atoms with van der Waals surface area (Å²) in [5.74, 6) is 0. The molecule has 0 radical (unpaired) electrons. The van der Waals surface area contributed by atoms with Crippen LogP contribution >= 0.6 is 11.3 Å². The molecule has 0 bridgehead atoms. The minimum atomic E-state index is -3.15. The minimum absolute atomic E-state index is 0.0116. The van der Waals surface area contributed by atoms with Crippen molar-refractivity contribution in [3.63, 3.8) is 0 Å². The fourth-order valence-electron chi connectivity index (χ4n) is 4.30. The van der Waals surface area contributed by atoms with Crippen molar-refractivity contribution in [1.82, 2.24) is 4.72 Å². The van der Waals surface area contributed by atoms with Crippen LogP contribution in [0.5, 0.6) is 0 Å². The molecular weight excluding hydrogens is 469 g/mol. The summed E-state index contributed by atoms with van der Waals surface area (Å²) in [6.45, 7) is 6.95. The molecule has 26 heavy (non-hydrogen) atoms. The Bertz CT molecular complexity index is 648. The zero-order valence-electron chi connectivity index (χ0n) is 17.1. The van der Waals surface area contributed by atoms with Crippen molar-refractivity contribution >= 4 is 42.6 Å².